The maximum Gasteiger partial charge on any atom is 0.226 e. The van der Waals surface area contributed by atoms with E-state index < -0.39 is 0 Å². The topological polar surface area (TPSA) is 62.2 Å². The molecule has 172 valence electrons. The minimum atomic E-state index is -0.0879. The average Bonchev–Trinajstić information content (AvgIpc) is 3.47. The number of aromatic nitrogens is 2. The number of carbonyl (C=O) groups is 1. The highest BCUT2D eigenvalue weighted by Gasteiger charge is 2.40. The highest BCUT2D eigenvalue weighted by molar-refractivity contribution is 7.80. The fourth-order valence-electron chi connectivity index (χ4n) is 4.72. The number of carbonyl (C=O) groups excluding carboxylic acids is 1. The lowest BCUT2D eigenvalue weighted by Crippen LogP contribution is -2.33. The molecule has 1 saturated heterocycles. The minimum absolute atomic E-state index is 0.0370. The van der Waals surface area contributed by atoms with E-state index in [4.69, 9.17) is 12.2 Å². The van der Waals surface area contributed by atoms with Crippen molar-refractivity contribution in [2.75, 3.05) is 11.9 Å². The molecule has 0 radical (unpaired) electrons. The predicted molar refractivity (Wildman–Crippen MR) is 139 cm³/mol. The van der Waals surface area contributed by atoms with E-state index >= 15 is 0 Å². The van der Waals surface area contributed by atoms with Gasteiger partial charge < -0.3 is 20.1 Å². The number of rotatable bonds is 7. The van der Waals surface area contributed by atoms with Gasteiger partial charge in [0.05, 0.1) is 17.8 Å². The van der Waals surface area contributed by atoms with Crippen molar-refractivity contribution < 1.29 is 4.79 Å². The fourth-order valence-corrected chi connectivity index (χ4v) is 5.05. The van der Waals surface area contributed by atoms with Gasteiger partial charge >= 0.3 is 0 Å². The first kappa shape index (κ1) is 22.1. The molecule has 34 heavy (non-hydrogen) atoms. The second kappa shape index (κ2) is 9.65. The van der Waals surface area contributed by atoms with E-state index in [1.54, 1.807) is 6.20 Å². The molecule has 0 bridgehead atoms. The van der Waals surface area contributed by atoms with Crippen LogP contribution in [0.3, 0.4) is 0 Å². The monoisotopic (exact) mass is 469 g/mol. The van der Waals surface area contributed by atoms with Crippen LogP contribution in [0, 0.1) is 0 Å². The Bertz CT molecular complexity index is 1310. The second-order valence-electron chi connectivity index (χ2n) is 8.36. The normalized spacial score (nSPS) is 17.7. The van der Waals surface area contributed by atoms with Crippen molar-refractivity contribution in [1.82, 2.24) is 19.8 Å². The molecule has 3 heterocycles. The standard InChI is InChI=1S/C27H27N5OS/c1-2-31-17-8-14-23(31)26-25(22-12-5-6-16-28-22)30-27(34)32(26)18-15-24(33)29-21-13-7-10-19-9-3-4-11-20(19)21/h3-14,16-17,25-26H,2,15,18H2,1H3,(H,29,33)(H,30,34)/t25-,26+/m0/s1. The van der Waals surface area contributed by atoms with Crippen molar-refractivity contribution in [1.29, 1.82) is 0 Å². The molecule has 5 rings (SSSR count). The van der Waals surface area contributed by atoms with Crippen LogP contribution in [0.2, 0.25) is 0 Å². The first-order valence-corrected chi connectivity index (χ1v) is 12.0. The van der Waals surface area contributed by atoms with Gasteiger partial charge in [0.25, 0.3) is 0 Å². The minimum Gasteiger partial charge on any atom is -0.352 e. The number of aryl methyl sites for hydroxylation is 1. The quantitative estimate of drug-likeness (QED) is 0.371. The Morgan fingerprint density at radius 1 is 1.06 bits per heavy atom. The lowest BCUT2D eigenvalue weighted by molar-refractivity contribution is -0.116. The summed E-state index contributed by atoms with van der Waals surface area (Å²) in [7, 11) is 0. The first-order valence-electron chi connectivity index (χ1n) is 11.6. The van der Waals surface area contributed by atoms with E-state index in [0.29, 0.717) is 18.1 Å². The number of nitrogens with zero attached hydrogens (tertiary/aromatic N) is 3. The van der Waals surface area contributed by atoms with Gasteiger partial charge in [-0.2, -0.15) is 0 Å². The van der Waals surface area contributed by atoms with Crippen LogP contribution >= 0.6 is 12.2 Å². The van der Waals surface area contributed by atoms with Crippen molar-refractivity contribution in [2.24, 2.45) is 0 Å². The van der Waals surface area contributed by atoms with E-state index in [0.717, 1.165) is 34.4 Å². The van der Waals surface area contributed by atoms with E-state index in [-0.39, 0.29) is 18.0 Å². The van der Waals surface area contributed by atoms with Crippen LogP contribution < -0.4 is 10.6 Å². The molecule has 1 aliphatic rings. The fraction of sp³-hybridized carbons (Fsp3) is 0.222. The summed E-state index contributed by atoms with van der Waals surface area (Å²) in [5, 5.41) is 9.32. The Labute approximate surface area is 204 Å². The maximum absolute atomic E-state index is 13.0. The summed E-state index contributed by atoms with van der Waals surface area (Å²) in [4.78, 5) is 19.7. The highest BCUT2D eigenvalue weighted by atomic mass is 32.1. The van der Waals surface area contributed by atoms with Crippen LogP contribution in [-0.4, -0.2) is 32.0 Å². The summed E-state index contributed by atoms with van der Waals surface area (Å²) in [5.74, 6) is -0.0370. The number of thiocarbonyl (C=S) groups is 1. The Kier molecular flexibility index (Phi) is 6.27. The molecule has 1 fully saturated rings. The predicted octanol–water partition coefficient (Wildman–Crippen LogP) is 5.06. The second-order valence-corrected chi connectivity index (χ2v) is 8.75. The van der Waals surface area contributed by atoms with Gasteiger partial charge in [0, 0.05) is 48.7 Å². The lowest BCUT2D eigenvalue weighted by atomic mass is 10.0. The van der Waals surface area contributed by atoms with Gasteiger partial charge in [-0.15, -0.1) is 0 Å². The molecule has 2 aromatic heterocycles. The number of fused-ring (bicyclic) bond motifs is 1. The first-order chi connectivity index (χ1) is 16.7. The Hall–Kier alpha value is -3.71. The molecule has 0 unspecified atom stereocenters. The number of nitrogens with one attached hydrogen (secondary N) is 2. The lowest BCUT2D eigenvalue weighted by Gasteiger charge is -2.28. The number of hydrogen-bond donors (Lipinski definition) is 2. The molecule has 2 atom stereocenters. The molecule has 0 aliphatic carbocycles. The Balaban J connectivity index is 1.37. The SMILES string of the molecule is CCn1cccc1[C@@H]1[C@H](c2ccccn2)NC(=S)N1CCC(=O)Nc1cccc2ccccc12. The van der Waals surface area contributed by atoms with Crippen LogP contribution in [-0.2, 0) is 11.3 Å². The van der Waals surface area contributed by atoms with E-state index in [9.17, 15) is 4.79 Å². The maximum atomic E-state index is 13.0. The highest BCUT2D eigenvalue weighted by Crippen LogP contribution is 2.38. The molecule has 0 spiro atoms. The van der Waals surface area contributed by atoms with Gasteiger partial charge in [-0.25, -0.2) is 0 Å². The Morgan fingerprint density at radius 2 is 1.88 bits per heavy atom. The zero-order chi connectivity index (χ0) is 23.5. The van der Waals surface area contributed by atoms with Crippen molar-refractivity contribution in [3.05, 3.63) is 96.6 Å². The molecule has 4 aromatic rings. The van der Waals surface area contributed by atoms with Crippen LogP contribution in [0.4, 0.5) is 5.69 Å². The number of pyridine rings is 1. The summed E-state index contributed by atoms with van der Waals surface area (Å²) in [6, 6.07) is 24.0. The third-order valence-corrected chi connectivity index (χ3v) is 6.70. The smallest absolute Gasteiger partial charge is 0.226 e. The summed E-state index contributed by atoms with van der Waals surface area (Å²) in [6.07, 6.45) is 4.21. The third kappa shape index (κ3) is 4.26. The van der Waals surface area contributed by atoms with Crippen molar-refractivity contribution >= 4 is 39.7 Å². The molecule has 0 saturated carbocycles. The molecule has 2 aromatic carbocycles. The summed E-state index contributed by atoms with van der Waals surface area (Å²) < 4.78 is 2.22. The molecular formula is C27H27N5OS. The van der Waals surface area contributed by atoms with Crippen LogP contribution in [0.25, 0.3) is 10.8 Å². The van der Waals surface area contributed by atoms with Crippen molar-refractivity contribution in [2.45, 2.75) is 32.0 Å². The van der Waals surface area contributed by atoms with Gasteiger partial charge in [0.2, 0.25) is 5.91 Å². The van der Waals surface area contributed by atoms with E-state index in [2.05, 4.69) is 50.3 Å². The van der Waals surface area contributed by atoms with E-state index in [1.165, 1.54) is 0 Å². The van der Waals surface area contributed by atoms with Gasteiger partial charge in [0.1, 0.15) is 0 Å². The van der Waals surface area contributed by atoms with Gasteiger partial charge in [-0.3, -0.25) is 9.78 Å². The third-order valence-electron chi connectivity index (χ3n) is 6.35. The van der Waals surface area contributed by atoms with E-state index in [1.807, 2.05) is 60.7 Å². The zero-order valence-electron chi connectivity index (χ0n) is 19.0. The number of anilines is 1. The summed E-state index contributed by atoms with van der Waals surface area (Å²) >= 11 is 5.74. The van der Waals surface area contributed by atoms with Crippen LogP contribution in [0.15, 0.2) is 85.2 Å². The molecule has 2 N–H and O–H groups in total. The zero-order valence-corrected chi connectivity index (χ0v) is 19.8. The molecule has 7 heteroatoms. The molecular weight excluding hydrogens is 442 g/mol. The van der Waals surface area contributed by atoms with Gasteiger partial charge in [-0.1, -0.05) is 42.5 Å². The number of amides is 1. The largest absolute Gasteiger partial charge is 0.352 e. The number of hydrogen-bond acceptors (Lipinski definition) is 3. The average molecular weight is 470 g/mol. The molecule has 1 aliphatic heterocycles. The Morgan fingerprint density at radius 3 is 2.71 bits per heavy atom. The number of benzene rings is 2. The van der Waals surface area contributed by atoms with Crippen LogP contribution in [0.5, 0.6) is 0 Å². The summed E-state index contributed by atoms with van der Waals surface area (Å²) in [5.41, 5.74) is 2.91. The van der Waals surface area contributed by atoms with Crippen molar-refractivity contribution in [3.63, 3.8) is 0 Å². The molecule has 6 nitrogen and oxygen atoms in total. The van der Waals surface area contributed by atoms with Gasteiger partial charge in [-0.05, 0) is 54.9 Å². The summed E-state index contributed by atoms with van der Waals surface area (Å²) in [6.45, 7) is 3.49. The van der Waals surface area contributed by atoms with Crippen LogP contribution in [0.1, 0.15) is 36.8 Å². The molecule has 1 amide bonds. The van der Waals surface area contributed by atoms with Gasteiger partial charge in [0.15, 0.2) is 5.11 Å². The van der Waals surface area contributed by atoms with Crippen molar-refractivity contribution in [3.8, 4) is 0 Å².